The smallest absolute Gasteiger partial charge is 0.0624 e. The molecule has 27 heavy (non-hydrogen) atoms. The van der Waals surface area contributed by atoms with Crippen LogP contribution in [0.15, 0.2) is 60.7 Å². The lowest BCUT2D eigenvalue weighted by molar-refractivity contribution is 1.24. The highest BCUT2D eigenvalue weighted by atomic mass is 14.9. The predicted octanol–water partition coefficient (Wildman–Crippen LogP) is 5.61. The molecule has 0 radical (unpaired) electrons. The fourth-order valence-electron chi connectivity index (χ4n) is 3.45. The highest BCUT2D eigenvalue weighted by Gasteiger charge is 2.10. The minimum Gasteiger partial charge on any atom is -0.357 e. The molecule has 5 aromatic rings. The van der Waals surface area contributed by atoms with E-state index in [9.17, 15) is 0 Å². The van der Waals surface area contributed by atoms with Crippen LogP contribution in [0.3, 0.4) is 0 Å². The minimum absolute atomic E-state index is 1.06. The maximum Gasteiger partial charge on any atom is 0.0624 e. The number of aromatic nitrogens is 5. The quantitative estimate of drug-likeness (QED) is 0.278. The molecule has 0 unspecified atom stereocenters. The highest BCUT2D eigenvalue weighted by Crippen LogP contribution is 2.28. The summed E-state index contributed by atoms with van der Waals surface area (Å²) in [6.07, 6.45) is 0. The molecule has 5 rings (SSSR count). The number of aromatic amines is 5. The van der Waals surface area contributed by atoms with Crippen LogP contribution in [-0.4, -0.2) is 24.9 Å². The molecule has 134 valence electrons. The van der Waals surface area contributed by atoms with E-state index in [1.165, 1.54) is 0 Å². The van der Waals surface area contributed by atoms with E-state index in [4.69, 9.17) is 0 Å². The van der Waals surface area contributed by atoms with Crippen LogP contribution in [-0.2, 0) is 0 Å². The Kier molecular flexibility index (Phi) is 3.47. The first-order valence-electron chi connectivity index (χ1n) is 9.05. The summed E-state index contributed by atoms with van der Waals surface area (Å²) >= 11 is 0. The molecule has 0 spiro atoms. The van der Waals surface area contributed by atoms with E-state index >= 15 is 0 Å². The lowest BCUT2D eigenvalue weighted by Gasteiger charge is -1.97. The molecule has 5 aromatic heterocycles. The molecule has 5 heterocycles. The van der Waals surface area contributed by atoms with Crippen molar-refractivity contribution in [1.82, 2.24) is 24.9 Å². The number of nitrogens with one attached hydrogen (secondary N) is 5. The molecule has 0 aliphatic heterocycles. The lowest BCUT2D eigenvalue weighted by atomic mass is 10.3. The number of aryl methyl sites for hydroxylation is 2. The van der Waals surface area contributed by atoms with Crippen LogP contribution >= 0.6 is 0 Å². The Hall–Kier alpha value is -3.60. The van der Waals surface area contributed by atoms with Gasteiger partial charge in [-0.1, -0.05) is 0 Å². The third-order valence-electron chi connectivity index (χ3n) is 4.88. The Morgan fingerprint density at radius 1 is 0.333 bits per heavy atom. The number of hydrogen-bond acceptors (Lipinski definition) is 0. The summed E-state index contributed by atoms with van der Waals surface area (Å²) in [6, 6.07) is 20.9. The summed E-state index contributed by atoms with van der Waals surface area (Å²) in [6.45, 7) is 4.12. The van der Waals surface area contributed by atoms with Gasteiger partial charge in [-0.25, -0.2) is 0 Å². The molecular weight excluding hydrogens is 334 g/mol. The van der Waals surface area contributed by atoms with Gasteiger partial charge in [0.25, 0.3) is 0 Å². The van der Waals surface area contributed by atoms with Crippen LogP contribution in [0.25, 0.3) is 45.6 Å². The van der Waals surface area contributed by atoms with Gasteiger partial charge in [0.15, 0.2) is 0 Å². The molecule has 5 heteroatoms. The average Bonchev–Trinajstić information content (AvgIpc) is 3.44. The summed E-state index contributed by atoms with van der Waals surface area (Å²) < 4.78 is 0. The van der Waals surface area contributed by atoms with Crippen molar-refractivity contribution >= 4 is 0 Å². The summed E-state index contributed by atoms with van der Waals surface area (Å²) in [5, 5.41) is 0. The molecule has 0 atom stereocenters. The van der Waals surface area contributed by atoms with Gasteiger partial charge in [0.05, 0.1) is 45.6 Å². The SMILES string of the molecule is Cc1ccc(-c2ccc(-c3ccc(-c4ccc(-c5ccc(C)[nH]5)[nH]4)[nH]3)[nH]2)[nH]1. The molecule has 5 N–H and O–H groups in total. The molecule has 0 fully saturated rings. The van der Waals surface area contributed by atoms with Crippen molar-refractivity contribution in [3.63, 3.8) is 0 Å². The normalized spacial score (nSPS) is 11.3. The van der Waals surface area contributed by atoms with Gasteiger partial charge in [0.2, 0.25) is 0 Å². The van der Waals surface area contributed by atoms with E-state index in [0.717, 1.165) is 56.9 Å². The molecular formula is C22H21N5. The van der Waals surface area contributed by atoms with Crippen molar-refractivity contribution in [3.8, 4) is 45.6 Å². The Morgan fingerprint density at radius 3 is 0.778 bits per heavy atom. The Morgan fingerprint density at radius 2 is 0.556 bits per heavy atom. The molecule has 0 aromatic carbocycles. The molecule has 0 saturated heterocycles. The van der Waals surface area contributed by atoms with Crippen LogP contribution in [0.2, 0.25) is 0 Å². The molecule has 5 nitrogen and oxygen atoms in total. The fraction of sp³-hybridized carbons (Fsp3) is 0.0909. The second kappa shape index (κ2) is 5.99. The van der Waals surface area contributed by atoms with Crippen LogP contribution in [0.4, 0.5) is 0 Å². The maximum absolute atomic E-state index is 3.50. The van der Waals surface area contributed by atoms with Gasteiger partial charge < -0.3 is 24.9 Å². The van der Waals surface area contributed by atoms with Gasteiger partial charge in [0.1, 0.15) is 0 Å². The first kappa shape index (κ1) is 15.6. The lowest BCUT2D eigenvalue weighted by Crippen LogP contribution is -1.82. The van der Waals surface area contributed by atoms with Crippen molar-refractivity contribution in [3.05, 3.63) is 72.1 Å². The summed E-state index contributed by atoms with van der Waals surface area (Å²) in [4.78, 5) is 17.2. The maximum atomic E-state index is 3.50. The number of hydrogen-bond donors (Lipinski definition) is 5. The molecule has 0 bridgehead atoms. The van der Waals surface area contributed by atoms with E-state index in [1.54, 1.807) is 0 Å². The second-order valence-electron chi connectivity index (χ2n) is 6.97. The van der Waals surface area contributed by atoms with E-state index in [1.807, 2.05) is 0 Å². The van der Waals surface area contributed by atoms with Crippen molar-refractivity contribution in [2.24, 2.45) is 0 Å². The van der Waals surface area contributed by atoms with E-state index < -0.39 is 0 Å². The van der Waals surface area contributed by atoms with Crippen molar-refractivity contribution < 1.29 is 0 Å². The first-order valence-corrected chi connectivity index (χ1v) is 9.05. The largest absolute Gasteiger partial charge is 0.357 e. The van der Waals surface area contributed by atoms with E-state index in [0.29, 0.717) is 0 Å². The fourth-order valence-corrected chi connectivity index (χ4v) is 3.45. The van der Waals surface area contributed by atoms with Gasteiger partial charge in [-0.15, -0.1) is 0 Å². The zero-order valence-corrected chi connectivity index (χ0v) is 15.3. The summed E-state index contributed by atoms with van der Waals surface area (Å²) in [5.74, 6) is 0. The monoisotopic (exact) mass is 355 g/mol. The zero-order chi connectivity index (χ0) is 18.4. The minimum atomic E-state index is 1.06. The van der Waals surface area contributed by atoms with Gasteiger partial charge in [0, 0.05) is 11.4 Å². The third kappa shape index (κ3) is 2.83. The second-order valence-corrected chi connectivity index (χ2v) is 6.97. The van der Waals surface area contributed by atoms with E-state index in [2.05, 4.69) is 99.4 Å². The van der Waals surface area contributed by atoms with Gasteiger partial charge in [-0.05, 0) is 74.5 Å². The number of H-pyrrole nitrogens is 5. The van der Waals surface area contributed by atoms with Gasteiger partial charge in [-0.2, -0.15) is 0 Å². The van der Waals surface area contributed by atoms with Gasteiger partial charge in [-0.3, -0.25) is 0 Å². The topological polar surface area (TPSA) is 78.9 Å². The number of rotatable bonds is 4. The van der Waals surface area contributed by atoms with Crippen molar-refractivity contribution in [1.29, 1.82) is 0 Å². The molecule has 0 aliphatic rings. The van der Waals surface area contributed by atoms with E-state index in [-0.39, 0.29) is 0 Å². The predicted molar refractivity (Wildman–Crippen MR) is 109 cm³/mol. The van der Waals surface area contributed by atoms with Crippen LogP contribution < -0.4 is 0 Å². The molecule has 0 amide bonds. The van der Waals surface area contributed by atoms with Crippen molar-refractivity contribution in [2.75, 3.05) is 0 Å². The molecule has 0 saturated carbocycles. The molecule has 0 aliphatic carbocycles. The van der Waals surface area contributed by atoms with Crippen LogP contribution in [0.1, 0.15) is 11.4 Å². The Bertz CT molecular complexity index is 1110. The standard InChI is InChI=1S/C22H21N5/c1-13-3-5-15(23-13)17-7-9-19(25-17)21-11-12-22(27-21)20-10-8-18(26-20)16-6-4-14(2)24-16/h3-12,23-27H,1-2H3. The third-order valence-corrected chi connectivity index (χ3v) is 4.88. The summed E-state index contributed by atoms with van der Waals surface area (Å²) in [7, 11) is 0. The van der Waals surface area contributed by atoms with Crippen LogP contribution in [0, 0.1) is 13.8 Å². The van der Waals surface area contributed by atoms with Crippen LogP contribution in [0.5, 0.6) is 0 Å². The summed E-state index contributed by atoms with van der Waals surface area (Å²) in [5.41, 5.74) is 10.9. The van der Waals surface area contributed by atoms with Gasteiger partial charge >= 0.3 is 0 Å². The zero-order valence-electron chi connectivity index (χ0n) is 15.3. The average molecular weight is 355 g/mol. The Labute approximate surface area is 156 Å². The van der Waals surface area contributed by atoms with Crippen molar-refractivity contribution in [2.45, 2.75) is 13.8 Å². The first-order chi connectivity index (χ1) is 13.2. The highest BCUT2D eigenvalue weighted by molar-refractivity contribution is 5.70. The Balaban J connectivity index is 1.42.